The van der Waals surface area contributed by atoms with Crippen molar-refractivity contribution in [3.63, 3.8) is 0 Å². The van der Waals surface area contributed by atoms with Gasteiger partial charge >= 0.3 is 5.97 Å². The zero-order valence-electron chi connectivity index (χ0n) is 12.6. The third-order valence-electron chi connectivity index (χ3n) is 3.85. The Labute approximate surface area is 123 Å². The number of carbonyl (C=O) groups is 1. The number of nitrogens with zero attached hydrogens (tertiary/aromatic N) is 4. The Bertz CT molecular complexity index is 636. The Morgan fingerprint density at radius 1 is 1.38 bits per heavy atom. The van der Waals surface area contributed by atoms with Gasteiger partial charge in [0.2, 0.25) is 0 Å². The maximum absolute atomic E-state index is 10.9. The highest BCUT2D eigenvalue weighted by molar-refractivity contribution is 5.67. The second-order valence-corrected chi connectivity index (χ2v) is 5.30. The summed E-state index contributed by atoms with van der Waals surface area (Å²) < 4.78 is 1.71. The van der Waals surface area contributed by atoms with Crippen molar-refractivity contribution in [3.05, 3.63) is 29.3 Å². The van der Waals surface area contributed by atoms with Gasteiger partial charge < -0.3 is 5.11 Å². The van der Waals surface area contributed by atoms with Crippen molar-refractivity contribution in [2.45, 2.75) is 40.2 Å². The first-order chi connectivity index (χ1) is 10.0. The van der Waals surface area contributed by atoms with E-state index in [-0.39, 0.29) is 12.3 Å². The number of aromatic nitrogens is 4. The van der Waals surface area contributed by atoms with Gasteiger partial charge in [0.15, 0.2) is 5.82 Å². The summed E-state index contributed by atoms with van der Waals surface area (Å²) in [7, 11) is 0. The second kappa shape index (κ2) is 6.47. The molecule has 1 aromatic carbocycles. The van der Waals surface area contributed by atoms with Crippen LogP contribution in [0.2, 0.25) is 0 Å². The molecule has 1 heterocycles. The highest BCUT2D eigenvalue weighted by Gasteiger charge is 2.17. The van der Waals surface area contributed by atoms with Crippen LogP contribution in [0.15, 0.2) is 18.2 Å². The van der Waals surface area contributed by atoms with Crippen molar-refractivity contribution in [2.75, 3.05) is 0 Å². The van der Waals surface area contributed by atoms with Gasteiger partial charge in [-0.3, -0.25) is 4.79 Å². The van der Waals surface area contributed by atoms with Crippen LogP contribution in [0.1, 0.15) is 30.9 Å². The molecule has 0 fully saturated rings. The lowest BCUT2D eigenvalue weighted by Crippen LogP contribution is -2.16. The van der Waals surface area contributed by atoms with Crippen LogP contribution >= 0.6 is 0 Å². The molecule has 0 saturated heterocycles. The number of aliphatic carboxylic acids is 1. The molecule has 0 aliphatic heterocycles. The van der Waals surface area contributed by atoms with Crippen LogP contribution in [0, 0.1) is 19.8 Å². The molecular formula is C15H20N4O2. The van der Waals surface area contributed by atoms with Crippen molar-refractivity contribution in [1.29, 1.82) is 0 Å². The van der Waals surface area contributed by atoms with E-state index in [0.717, 1.165) is 17.5 Å². The van der Waals surface area contributed by atoms with Crippen LogP contribution in [-0.2, 0) is 11.3 Å². The van der Waals surface area contributed by atoms with Gasteiger partial charge in [-0.1, -0.05) is 31.5 Å². The predicted octanol–water partition coefficient (Wildman–Crippen LogP) is 2.46. The van der Waals surface area contributed by atoms with E-state index < -0.39 is 5.97 Å². The summed E-state index contributed by atoms with van der Waals surface area (Å²) in [4.78, 5) is 10.9. The highest BCUT2D eigenvalue weighted by atomic mass is 16.4. The number of tetrazole rings is 1. The first kappa shape index (κ1) is 15.2. The van der Waals surface area contributed by atoms with Crippen LogP contribution in [0.4, 0.5) is 0 Å². The molecule has 0 radical (unpaired) electrons. The predicted molar refractivity (Wildman–Crippen MR) is 78.8 cm³/mol. The summed E-state index contributed by atoms with van der Waals surface area (Å²) >= 11 is 0. The topological polar surface area (TPSA) is 80.9 Å². The minimum Gasteiger partial charge on any atom is -0.481 e. The van der Waals surface area contributed by atoms with E-state index in [0.29, 0.717) is 12.4 Å². The summed E-state index contributed by atoms with van der Waals surface area (Å²) in [5.74, 6) is -0.0712. The fraction of sp³-hybridized carbons (Fsp3) is 0.467. The Morgan fingerprint density at radius 3 is 2.81 bits per heavy atom. The zero-order valence-corrected chi connectivity index (χ0v) is 12.6. The number of hydrogen-bond donors (Lipinski definition) is 1. The summed E-state index contributed by atoms with van der Waals surface area (Å²) in [6.07, 6.45) is 0.904. The summed E-state index contributed by atoms with van der Waals surface area (Å²) in [5.41, 5.74) is 3.31. The lowest BCUT2D eigenvalue weighted by atomic mass is 10.0. The molecule has 2 aromatic rings. The fourth-order valence-corrected chi connectivity index (χ4v) is 2.34. The van der Waals surface area contributed by atoms with Crippen LogP contribution < -0.4 is 0 Å². The number of carboxylic acid groups (broad SMARTS) is 1. The minimum atomic E-state index is -0.789. The molecule has 1 N–H and O–H groups in total. The van der Waals surface area contributed by atoms with Gasteiger partial charge in [-0.25, -0.2) is 4.68 Å². The van der Waals surface area contributed by atoms with Crippen molar-refractivity contribution in [3.8, 4) is 11.4 Å². The molecular weight excluding hydrogens is 268 g/mol. The SMILES string of the molecule is CCC(CC(=O)O)Cn1nnnc1-c1cccc(C)c1C. The van der Waals surface area contributed by atoms with Gasteiger partial charge in [0.25, 0.3) is 0 Å². The Hall–Kier alpha value is -2.24. The van der Waals surface area contributed by atoms with Crippen molar-refractivity contribution in [2.24, 2.45) is 5.92 Å². The zero-order chi connectivity index (χ0) is 15.4. The molecule has 1 unspecified atom stereocenters. The molecule has 6 heteroatoms. The molecule has 0 bridgehead atoms. The third kappa shape index (κ3) is 3.45. The van der Waals surface area contributed by atoms with Crippen molar-refractivity contribution >= 4 is 5.97 Å². The molecule has 0 aliphatic rings. The molecule has 0 aliphatic carbocycles. The average molecular weight is 288 g/mol. The average Bonchev–Trinajstić information content (AvgIpc) is 2.88. The highest BCUT2D eigenvalue weighted by Crippen LogP contribution is 2.24. The van der Waals surface area contributed by atoms with E-state index in [1.807, 2.05) is 39.0 Å². The van der Waals surface area contributed by atoms with Gasteiger partial charge in [0, 0.05) is 18.5 Å². The summed E-state index contributed by atoms with van der Waals surface area (Å²) in [6, 6.07) is 6.01. The van der Waals surface area contributed by atoms with Gasteiger partial charge in [-0.15, -0.1) is 5.10 Å². The van der Waals surface area contributed by atoms with Gasteiger partial charge in [0.1, 0.15) is 0 Å². The molecule has 2 rings (SSSR count). The molecule has 6 nitrogen and oxygen atoms in total. The molecule has 112 valence electrons. The lowest BCUT2D eigenvalue weighted by Gasteiger charge is -2.14. The van der Waals surface area contributed by atoms with Crippen LogP contribution in [0.3, 0.4) is 0 Å². The standard InChI is InChI=1S/C15H20N4O2/c1-4-12(8-14(20)21)9-19-15(16-17-18-19)13-7-5-6-10(2)11(13)3/h5-7,12H,4,8-9H2,1-3H3,(H,20,21). The van der Waals surface area contributed by atoms with E-state index in [2.05, 4.69) is 15.5 Å². The Balaban J connectivity index is 2.30. The first-order valence-corrected chi connectivity index (χ1v) is 7.07. The van der Waals surface area contributed by atoms with Crippen molar-refractivity contribution in [1.82, 2.24) is 20.2 Å². The molecule has 0 saturated carbocycles. The van der Waals surface area contributed by atoms with Crippen molar-refractivity contribution < 1.29 is 9.90 Å². The molecule has 0 amide bonds. The van der Waals surface area contributed by atoms with E-state index in [1.165, 1.54) is 5.56 Å². The number of aryl methyl sites for hydroxylation is 1. The summed E-state index contributed by atoms with van der Waals surface area (Å²) in [6.45, 7) is 6.58. The van der Waals surface area contributed by atoms with Crippen LogP contribution in [0.25, 0.3) is 11.4 Å². The first-order valence-electron chi connectivity index (χ1n) is 7.07. The third-order valence-corrected chi connectivity index (χ3v) is 3.85. The Kier molecular flexibility index (Phi) is 4.67. The fourth-order valence-electron chi connectivity index (χ4n) is 2.34. The van der Waals surface area contributed by atoms with Crippen LogP contribution in [-0.4, -0.2) is 31.3 Å². The number of rotatable bonds is 6. The number of hydrogen-bond acceptors (Lipinski definition) is 4. The number of benzene rings is 1. The maximum Gasteiger partial charge on any atom is 0.303 e. The maximum atomic E-state index is 10.9. The van der Waals surface area contributed by atoms with Gasteiger partial charge in [-0.05, 0) is 41.3 Å². The smallest absolute Gasteiger partial charge is 0.303 e. The second-order valence-electron chi connectivity index (χ2n) is 5.30. The van der Waals surface area contributed by atoms with Crippen LogP contribution in [0.5, 0.6) is 0 Å². The normalized spacial score (nSPS) is 12.3. The van der Waals surface area contributed by atoms with E-state index >= 15 is 0 Å². The molecule has 1 atom stereocenters. The molecule has 1 aromatic heterocycles. The minimum absolute atomic E-state index is 0.0230. The monoisotopic (exact) mass is 288 g/mol. The Morgan fingerprint density at radius 2 is 2.14 bits per heavy atom. The lowest BCUT2D eigenvalue weighted by molar-refractivity contribution is -0.138. The van der Waals surface area contributed by atoms with E-state index in [9.17, 15) is 4.79 Å². The number of carboxylic acids is 1. The van der Waals surface area contributed by atoms with E-state index in [1.54, 1.807) is 4.68 Å². The summed E-state index contributed by atoms with van der Waals surface area (Å²) in [5, 5.41) is 20.8. The van der Waals surface area contributed by atoms with E-state index in [4.69, 9.17) is 5.11 Å². The molecule has 21 heavy (non-hydrogen) atoms. The van der Waals surface area contributed by atoms with Gasteiger partial charge in [-0.2, -0.15) is 0 Å². The molecule has 0 spiro atoms. The largest absolute Gasteiger partial charge is 0.481 e. The quantitative estimate of drug-likeness (QED) is 0.883. The van der Waals surface area contributed by atoms with Gasteiger partial charge in [0.05, 0.1) is 0 Å².